The van der Waals surface area contributed by atoms with E-state index in [9.17, 15) is 19.8 Å². The van der Waals surface area contributed by atoms with E-state index in [1.54, 1.807) is 12.1 Å². The Labute approximate surface area is 180 Å². The van der Waals surface area contributed by atoms with E-state index in [1.165, 1.54) is 12.4 Å². The number of carboxylic acids is 2. The zero-order chi connectivity index (χ0) is 22.2. The van der Waals surface area contributed by atoms with Gasteiger partial charge in [-0.25, -0.2) is 0 Å². The molecule has 0 heterocycles. The van der Waals surface area contributed by atoms with E-state index in [4.69, 9.17) is 0 Å². The Morgan fingerprint density at radius 2 is 1.17 bits per heavy atom. The molecule has 166 valence electrons. The number of carboxylic acid groups (broad SMARTS) is 2. The second-order valence-corrected chi connectivity index (χ2v) is 7.63. The highest BCUT2D eigenvalue weighted by molar-refractivity contribution is 5.91. The van der Waals surface area contributed by atoms with Gasteiger partial charge >= 0.3 is 11.9 Å². The Hall–Kier alpha value is -2.50. The smallest absolute Gasteiger partial charge is 0.311 e. The summed E-state index contributed by atoms with van der Waals surface area (Å²) in [7, 11) is 0. The lowest BCUT2D eigenvalue weighted by molar-refractivity contribution is -0.140. The van der Waals surface area contributed by atoms with Crippen molar-refractivity contribution in [3.05, 3.63) is 24.3 Å². The average molecular weight is 417 g/mol. The van der Waals surface area contributed by atoms with E-state index in [0.29, 0.717) is 24.2 Å². The largest absolute Gasteiger partial charge is 0.481 e. The zero-order valence-electron chi connectivity index (χ0n) is 18.3. The molecule has 0 fully saturated rings. The lowest BCUT2D eigenvalue weighted by atomic mass is 10.0. The number of hydrogen-bond donors (Lipinski definition) is 2. The van der Waals surface area contributed by atoms with Gasteiger partial charge in [0.25, 0.3) is 0 Å². The minimum Gasteiger partial charge on any atom is -0.481 e. The molecule has 0 radical (unpaired) electrons. The van der Waals surface area contributed by atoms with Gasteiger partial charge in [0.2, 0.25) is 0 Å². The standard InChI is InChI=1S/C24H36N2O4/c1-3-5-7-9-13-19(23(27)28)17-25-21-15-11-12-16-22(21)26-18-20(24(29)30)14-10-8-6-4-2/h11-12,15-20H,3-10,13-14H2,1-2H3,(H,27,28)(H,29,30). The fraction of sp³-hybridized carbons (Fsp3) is 0.583. The Balaban J connectivity index is 2.83. The molecule has 0 aliphatic carbocycles. The molecule has 0 amide bonds. The number of unbranched alkanes of at least 4 members (excludes halogenated alkanes) is 6. The van der Waals surface area contributed by atoms with Crippen molar-refractivity contribution in [1.82, 2.24) is 0 Å². The summed E-state index contributed by atoms with van der Waals surface area (Å²) in [4.78, 5) is 31.8. The molecular weight excluding hydrogens is 380 g/mol. The molecule has 1 rings (SSSR count). The highest BCUT2D eigenvalue weighted by Gasteiger charge is 2.16. The van der Waals surface area contributed by atoms with Crippen LogP contribution >= 0.6 is 0 Å². The third kappa shape index (κ3) is 10.3. The molecule has 2 unspecified atom stereocenters. The van der Waals surface area contributed by atoms with Crippen LogP contribution in [0.25, 0.3) is 0 Å². The number of hydrogen-bond acceptors (Lipinski definition) is 4. The van der Waals surface area contributed by atoms with Gasteiger partial charge in [0.15, 0.2) is 0 Å². The molecule has 0 saturated carbocycles. The number of para-hydroxylation sites is 2. The predicted octanol–water partition coefficient (Wildman–Crippen LogP) is 6.43. The molecule has 0 saturated heterocycles. The second-order valence-electron chi connectivity index (χ2n) is 7.63. The number of nitrogens with zero attached hydrogens (tertiary/aromatic N) is 2. The van der Waals surface area contributed by atoms with Crippen molar-refractivity contribution in [2.24, 2.45) is 21.8 Å². The fourth-order valence-electron chi connectivity index (χ4n) is 3.13. The Kier molecular flexibility index (Phi) is 13.1. The van der Waals surface area contributed by atoms with E-state index in [2.05, 4.69) is 23.8 Å². The van der Waals surface area contributed by atoms with Crippen LogP contribution in [0, 0.1) is 11.8 Å². The molecule has 30 heavy (non-hydrogen) atoms. The van der Waals surface area contributed by atoms with Gasteiger partial charge in [-0.3, -0.25) is 19.6 Å². The van der Waals surface area contributed by atoms with Gasteiger partial charge in [0, 0.05) is 12.4 Å². The number of carbonyl (C=O) groups is 2. The SMILES string of the molecule is CCCCCCC(C=Nc1ccccc1N=CC(CCCCCC)C(=O)O)C(=O)O. The van der Waals surface area contributed by atoms with E-state index < -0.39 is 23.8 Å². The average Bonchev–Trinajstić information content (AvgIpc) is 2.72. The summed E-state index contributed by atoms with van der Waals surface area (Å²) in [6, 6.07) is 7.14. The highest BCUT2D eigenvalue weighted by Crippen LogP contribution is 2.28. The topological polar surface area (TPSA) is 99.3 Å². The van der Waals surface area contributed by atoms with Crippen LogP contribution < -0.4 is 0 Å². The summed E-state index contributed by atoms with van der Waals surface area (Å²) >= 11 is 0. The monoisotopic (exact) mass is 416 g/mol. The lowest BCUT2D eigenvalue weighted by Crippen LogP contribution is -2.15. The molecule has 0 spiro atoms. The number of rotatable bonds is 16. The molecule has 0 aliphatic rings. The maximum atomic E-state index is 11.5. The minimum absolute atomic E-state index is 0.545. The molecule has 6 heteroatoms. The van der Waals surface area contributed by atoms with Crippen molar-refractivity contribution in [2.45, 2.75) is 78.1 Å². The number of benzene rings is 1. The van der Waals surface area contributed by atoms with Crippen LogP contribution in [0.2, 0.25) is 0 Å². The maximum absolute atomic E-state index is 11.5. The van der Waals surface area contributed by atoms with Crippen molar-refractivity contribution < 1.29 is 19.8 Å². The van der Waals surface area contributed by atoms with Gasteiger partial charge in [-0.15, -0.1) is 0 Å². The van der Waals surface area contributed by atoms with Gasteiger partial charge in [-0.2, -0.15) is 0 Å². The third-order valence-electron chi connectivity index (χ3n) is 5.04. The van der Waals surface area contributed by atoms with Crippen LogP contribution in [-0.2, 0) is 9.59 Å². The van der Waals surface area contributed by atoms with Gasteiger partial charge in [-0.1, -0.05) is 77.3 Å². The molecule has 1 aromatic carbocycles. The Bertz CT molecular complexity index is 641. The first kappa shape index (κ1) is 25.5. The van der Waals surface area contributed by atoms with Crippen LogP contribution in [0.3, 0.4) is 0 Å². The van der Waals surface area contributed by atoms with Crippen molar-refractivity contribution in [2.75, 3.05) is 0 Å². The summed E-state index contributed by atoms with van der Waals surface area (Å²) in [6.07, 6.45) is 12.2. The molecule has 6 nitrogen and oxygen atoms in total. The van der Waals surface area contributed by atoms with Gasteiger partial charge in [-0.05, 0) is 25.0 Å². The fourth-order valence-corrected chi connectivity index (χ4v) is 3.13. The molecule has 1 aromatic rings. The van der Waals surface area contributed by atoms with Crippen molar-refractivity contribution in [3.8, 4) is 0 Å². The lowest BCUT2D eigenvalue weighted by Gasteiger charge is -2.08. The van der Waals surface area contributed by atoms with Crippen LogP contribution in [0.4, 0.5) is 11.4 Å². The molecular formula is C24H36N2O4. The zero-order valence-corrected chi connectivity index (χ0v) is 18.3. The Morgan fingerprint density at radius 1 is 0.767 bits per heavy atom. The molecule has 2 N–H and O–H groups in total. The summed E-state index contributed by atoms with van der Waals surface area (Å²) in [5.41, 5.74) is 1.09. The van der Waals surface area contributed by atoms with Crippen molar-refractivity contribution >= 4 is 35.7 Å². The molecule has 0 bridgehead atoms. The molecule has 0 aromatic heterocycles. The second kappa shape index (κ2) is 15.4. The van der Waals surface area contributed by atoms with Gasteiger partial charge in [0.05, 0.1) is 23.2 Å². The van der Waals surface area contributed by atoms with Crippen LogP contribution in [0.1, 0.15) is 78.1 Å². The first-order valence-electron chi connectivity index (χ1n) is 11.1. The quantitative estimate of drug-likeness (QED) is 0.239. The summed E-state index contributed by atoms with van der Waals surface area (Å²) in [5, 5.41) is 18.9. The van der Waals surface area contributed by atoms with E-state index >= 15 is 0 Å². The molecule has 0 aliphatic heterocycles. The summed E-state index contributed by atoms with van der Waals surface area (Å²) in [5.74, 6) is -3.03. The highest BCUT2D eigenvalue weighted by atomic mass is 16.4. The number of aliphatic imine (C=N–C) groups is 2. The third-order valence-corrected chi connectivity index (χ3v) is 5.04. The number of aliphatic carboxylic acids is 2. The van der Waals surface area contributed by atoms with E-state index in [-0.39, 0.29) is 0 Å². The maximum Gasteiger partial charge on any atom is 0.311 e. The molecule has 2 atom stereocenters. The van der Waals surface area contributed by atoms with E-state index in [0.717, 1.165) is 51.4 Å². The predicted molar refractivity (Wildman–Crippen MR) is 123 cm³/mol. The van der Waals surface area contributed by atoms with Gasteiger partial charge < -0.3 is 10.2 Å². The first-order chi connectivity index (χ1) is 14.5. The van der Waals surface area contributed by atoms with E-state index in [1.807, 2.05) is 12.1 Å². The van der Waals surface area contributed by atoms with Crippen molar-refractivity contribution in [3.63, 3.8) is 0 Å². The van der Waals surface area contributed by atoms with Crippen LogP contribution in [0.15, 0.2) is 34.3 Å². The normalized spacial score (nSPS) is 13.7. The van der Waals surface area contributed by atoms with Gasteiger partial charge in [0.1, 0.15) is 0 Å². The first-order valence-corrected chi connectivity index (χ1v) is 11.1. The summed E-state index contributed by atoms with van der Waals surface area (Å²) < 4.78 is 0. The Morgan fingerprint density at radius 3 is 1.50 bits per heavy atom. The van der Waals surface area contributed by atoms with Crippen LogP contribution in [0.5, 0.6) is 0 Å². The van der Waals surface area contributed by atoms with Crippen molar-refractivity contribution in [1.29, 1.82) is 0 Å². The minimum atomic E-state index is -0.880. The van der Waals surface area contributed by atoms with Crippen LogP contribution in [-0.4, -0.2) is 34.6 Å². The summed E-state index contributed by atoms with van der Waals surface area (Å²) in [6.45, 7) is 4.24.